The van der Waals surface area contributed by atoms with Crippen molar-refractivity contribution < 1.29 is 4.74 Å². The average Bonchev–Trinajstić information content (AvgIpc) is 2.59. The van der Waals surface area contributed by atoms with Crippen LogP contribution in [0.4, 0.5) is 0 Å². The van der Waals surface area contributed by atoms with E-state index in [0.717, 1.165) is 26.3 Å². The van der Waals surface area contributed by atoms with Crippen LogP contribution in [0.3, 0.4) is 0 Å². The first-order chi connectivity index (χ1) is 7.12. The minimum Gasteiger partial charge on any atom is -0.378 e. The number of ether oxygens (including phenoxy) is 1. The molecular formula is C12H24N2O. The Labute approximate surface area is 93.2 Å². The second-order valence-corrected chi connectivity index (χ2v) is 5.50. The molecular weight excluding hydrogens is 188 g/mol. The molecule has 0 saturated carbocycles. The van der Waals surface area contributed by atoms with Crippen molar-refractivity contribution in [2.75, 3.05) is 26.3 Å². The number of nitrogens with zero attached hydrogens (tertiary/aromatic N) is 1. The monoisotopic (exact) mass is 212 g/mol. The van der Waals surface area contributed by atoms with E-state index in [0.29, 0.717) is 17.6 Å². The number of nitrogens with one attached hydrogen (secondary N) is 1. The molecule has 2 atom stereocenters. The predicted molar refractivity (Wildman–Crippen MR) is 62.1 cm³/mol. The van der Waals surface area contributed by atoms with Crippen molar-refractivity contribution in [3.05, 3.63) is 0 Å². The van der Waals surface area contributed by atoms with Gasteiger partial charge in [-0.05, 0) is 26.7 Å². The third-order valence-corrected chi connectivity index (χ3v) is 3.78. The van der Waals surface area contributed by atoms with Crippen molar-refractivity contribution in [3.63, 3.8) is 0 Å². The van der Waals surface area contributed by atoms with E-state index >= 15 is 0 Å². The van der Waals surface area contributed by atoms with E-state index < -0.39 is 0 Å². The van der Waals surface area contributed by atoms with E-state index in [-0.39, 0.29) is 0 Å². The first-order valence-corrected chi connectivity index (χ1v) is 6.21. The SMILES string of the molecule is CCC1COCCN1C1CNC(C)(C)C1. The van der Waals surface area contributed by atoms with Crippen LogP contribution in [0.15, 0.2) is 0 Å². The molecule has 0 spiro atoms. The average molecular weight is 212 g/mol. The highest BCUT2D eigenvalue weighted by Gasteiger charge is 2.37. The molecule has 2 aliphatic heterocycles. The number of hydrogen-bond acceptors (Lipinski definition) is 3. The van der Waals surface area contributed by atoms with Crippen LogP contribution >= 0.6 is 0 Å². The minimum atomic E-state index is 0.321. The first-order valence-electron chi connectivity index (χ1n) is 6.21. The van der Waals surface area contributed by atoms with E-state index in [1.807, 2.05) is 0 Å². The van der Waals surface area contributed by atoms with Crippen LogP contribution in [0.25, 0.3) is 0 Å². The van der Waals surface area contributed by atoms with Crippen molar-refractivity contribution >= 4 is 0 Å². The summed E-state index contributed by atoms with van der Waals surface area (Å²) in [5.74, 6) is 0. The highest BCUT2D eigenvalue weighted by Crippen LogP contribution is 2.25. The lowest BCUT2D eigenvalue weighted by atomic mass is 9.99. The quantitative estimate of drug-likeness (QED) is 0.745. The summed E-state index contributed by atoms with van der Waals surface area (Å²) in [6.07, 6.45) is 2.47. The third-order valence-electron chi connectivity index (χ3n) is 3.78. The van der Waals surface area contributed by atoms with E-state index in [9.17, 15) is 0 Å². The molecule has 15 heavy (non-hydrogen) atoms. The van der Waals surface area contributed by atoms with Crippen LogP contribution in [0.5, 0.6) is 0 Å². The first kappa shape index (κ1) is 11.4. The molecule has 0 aromatic heterocycles. The van der Waals surface area contributed by atoms with Gasteiger partial charge in [-0.25, -0.2) is 0 Å². The summed E-state index contributed by atoms with van der Waals surface area (Å²) >= 11 is 0. The topological polar surface area (TPSA) is 24.5 Å². The summed E-state index contributed by atoms with van der Waals surface area (Å²) in [4.78, 5) is 2.66. The molecule has 1 N–H and O–H groups in total. The zero-order valence-electron chi connectivity index (χ0n) is 10.3. The van der Waals surface area contributed by atoms with E-state index in [2.05, 4.69) is 31.0 Å². The maximum absolute atomic E-state index is 5.55. The summed E-state index contributed by atoms with van der Waals surface area (Å²) in [5.41, 5.74) is 0.321. The van der Waals surface area contributed by atoms with Crippen LogP contribution in [0.1, 0.15) is 33.6 Å². The Kier molecular flexibility index (Phi) is 3.33. The Morgan fingerprint density at radius 2 is 2.27 bits per heavy atom. The number of rotatable bonds is 2. The van der Waals surface area contributed by atoms with Crippen LogP contribution in [-0.2, 0) is 4.74 Å². The summed E-state index contributed by atoms with van der Waals surface area (Å²) in [6, 6.07) is 1.35. The van der Waals surface area contributed by atoms with Gasteiger partial charge in [0.2, 0.25) is 0 Å². The van der Waals surface area contributed by atoms with Gasteiger partial charge in [-0.2, -0.15) is 0 Å². The molecule has 3 heteroatoms. The van der Waals surface area contributed by atoms with Crippen LogP contribution in [-0.4, -0.2) is 48.8 Å². The summed E-state index contributed by atoms with van der Waals surface area (Å²) in [5, 5.41) is 3.61. The lowest BCUT2D eigenvalue weighted by molar-refractivity contribution is -0.0271. The van der Waals surface area contributed by atoms with E-state index in [1.54, 1.807) is 0 Å². The number of morpholine rings is 1. The lowest BCUT2D eigenvalue weighted by Gasteiger charge is -2.39. The highest BCUT2D eigenvalue weighted by atomic mass is 16.5. The molecule has 0 amide bonds. The Morgan fingerprint density at radius 1 is 1.47 bits per heavy atom. The van der Waals surface area contributed by atoms with Gasteiger partial charge in [0.1, 0.15) is 0 Å². The molecule has 2 unspecified atom stereocenters. The fourth-order valence-electron chi connectivity index (χ4n) is 2.86. The molecule has 2 aliphatic rings. The van der Waals surface area contributed by atoms with Gasteiger partial charge in [0, 0.05) is 30.7 Å². The standard InChI is InChI=1S/C12H24N2O/c1-4-10-9-15-6-5-14(10)11-7-12(2,3)13-8-11/h10-11,13H,4-9H2,1-3H3. The number of hydrogen-bond donors (Lipinski definition) is 1. The third kappa shape index (κ3) is 2.52. The maximum atomic E-state index is 5.55. The molecule has 2 rings (SSSR count). The van der Waals surface area contributed by atoms with Gasteiger partial charge in [-0.15, -0.1) is 0 Å². The predicted octanol–water partition coefficient (Wildman–Crippen LogP) is 1.24. The Balaban J connectivity index is 1.97. The van der Waals surface area contributed by atoms with Crippen molar-refractivity contribution in [2.45, 2.75) is 51.2 Å². The highest BCUT2D eigenvalue weighted by molar-refractivity contribution is 4.96. The smallest absolute Gasteiger partial charge is 0.0622 e. The van der Waals surface area contributed by atoms with Crippen molar-refractivity contribution in [2.24, 2.45) is 0 Å². The van der Waals surface area contributed by atoms with Gasteiger partial charge >= 0.3 is 0 Å². The second kappa shape index (κ2) is 4.40. The van der Waals surface area contributed by atoms with Gasteiger partial charge < -0.3 is 10.1 Å². The molecule has 2 fully saturated rings. The normalized spacial score (nSPS) is 37.0. The lowest BCUT2D eigenvalue weighted by Crippen LogP contribution is -2.51. The van der Waals surface area contributed by atoms with E-state index in [1.165, 1.54) is 12.8 Å². The zero-order chi connectivity index (χ0) is 10.9. The maximum Gasteiger partial charge on any atom is 0.0622 e. The van der Waals surface area contributed by atoms with Crippen molar-refractivity contribution in [1.29, 1.82) is 0 Å². The Bertz CT molecular complexity index is 218. The summed E-state index contributed by atoms with van der Waals surface area (Å²) in [7, 11) is 0. The van der Waals surface area contributed by atoms with Crippen LogP contribution in [0.2, 0.25) is 0 Å². The Hall–Kier alpha value is -0.120. The molecule has 0 bridgehead atoms. The zero-order valence-corrected chi connectivity index (χ0v) is 10.3. The molecule has 0 radical (unpaired) electrons. The van der Waals surface area contributed by atoms with Gasteiger partial charge in [-0.3, -0.25) is 4.90 Å². The van der Waals surface area contributed by atoms with Crippen LogP contribution in [0, 0.1) is 0 Å². The van der Waals surface area contributed by atoms with Gasteiger partial charge in [-0.1, -0.05) is 6.92 Å². The molecule has 3 nitrogen and oxygen atoms in total. The molecule has 0 aromatic rings. The van der Waals surface area contributed by atoms with Crippen molar-refractivity contribution in [1.82, 2.24) is 10.2 Å². The summed E-state index contributed by atoms with van der Waals surface area (Å²) in [6.45, 7) is 11.0. The molecule has 0 aliphatic carbocycles. The largest absolute Gasteiger partial charge is 0.378 e. The molecule has 88 valence electrons. The second-order valence-electron chi connectivity index (χ2n) is 5.50. The molecule has 2 heterocycles. The fraction of sp³-hybridized carbons (Fsp3) is 1.00. The van der Waals surface area contributed by atoms with Crippen molar-refractivity contribution in [3.8, 4) is 0 Å². The van der Waals surface area contributed by atoms with Gasteiger partial charge in [0.15, 0.2) is 0 Å². The molecule has 2 saturated heterocycles. The van der Waals surface area contributed by atoms with E-state index in [4.69, 9.17) is 4.74 Å². The Morgan fingerprint density at radius 3 is 2.87 bits per heavy atom. The summed E-state index contributed by atoms with van der Waals surface area (Å²) < 4.78 is 5.55. The van der Waals surface area contributed by atoms with Crippen LogP contribution < -0.4 is 5.32 Å². The van der Waals surface area contributed by atoms with Gasteiger partial charge in [0.25, 0.3) is 0 Å². The fourth-order valence-corrected chi connectivity index (χ4v) is 2.86. The molecule has 0 aromatic carbocycles. The minimum absolute atomic E-state index is 0.321. The van der Waals surface area contributed by atoms with Gasteiger partial charge in [0.05, 0.1) is 13.2 Å².